The van der Waals surface area contributed by atoms with Crippen molar-refractivity contribution in [2.75, 3.05) is 25.9 Å². The molecule has 1 atom stereocenters. The van der Waals surface area contributed by atoms with Crippen molar-refractivity contribution in [3.63, 3.8) is 0 Å². The van der Waals surface area contributed by atoms with E-state index >= 15 is 0 Å². The number of amides is 1. The van der Waals surface area contributed by atoms with Gasteiger partial charge in [0.25, 0.3) is 5.91 Å². The molecule has 1 aromatic rings. The average Bonchev–Trinajstić information content (AvgIpc) is 2.59. The number of rotatable bonds is 5. The number of carbonyl (C=O) groups is 2. The summed E-state index contributed by atoms with van der Waals surface area (Å²) in [5.41, 5.74) is 7.92. The Bertz CT molecular complexity index is 598. The monoisotopic (exact) mass is 332 g/mol. The summed E-state index contributed by atoms with van der Waals surface area (Å²) in [6, 6.07) is 5.35. The molecule has 1 aromatic carbocycles. The Balaban J connectivity index is 2.18. The predicted octanol–water partition coefficient (Wildman–Crippen LogP) is 2.88. The van der Waals surface area contributed by atoms with Gasteiger partial charge in [-0.2, -0.15) is 0 Å². The summed E-state index contributed by atoms with van der Waals surface area (Å²) in [5.74, 6) is 0.859. The summed E-state index contributed by atoms with van der Waals surface area (Å²) in [6.07, 6.45) is 2.95. The lowest BCUT2D eigenvalue weighted by Gasteiger charge is -2.35. The van der Waals surface area contributed by atoms with Gasteiger partial charge < -0.3 is 15.4 Å². The molecule has 2 N–H and O–H groups in total. The number of likely N-dealkylation sites (tertiary alicyclic amines) is 1. The van der Waals surface area contributed by atoms with Crippen LogP contribution in [-0.4, -0.2) is 37.0 Å². The van der Waals surface area contributed by atoms with Crippen LogP contribution >= 0.6 is 0 Å². The van der Waals surface area contributed by atoms with E-state index in [9.17, 15) is 9.59 Å². The van der Waals surface area contributed by atoms with Crippen LogP contribution in [0.3, 0.4) is 0 Å². The minimum Gasteiger partial charge on any atom is -0.469 e. The maximum absolute atomic E-state index is 13.0. The van der Waals surface area contributed by atoms with E-state index in [0.29, 0.717) is 29.5 Å². The molecule has 1 fully saturated rings. The molecule has 5 heteroatoms. The Hall–Kier alpha value is -2.04. The number of esters is 1. The van der Waals surface area contributed by atoms with Gasteiger partial charge in [-0.3, -0.25) is 9.59 Å². The third-order valence-electron chi connectivity index (χ3n) is 4.88. The standard InChI is InChI=1S/C19H28N2O3/c1-13(2)15-5-4-10-21(12-15)19(23)17-11-16(20)8-6-14(17)7-9-18(22)24-3/h6,8,11,13,15H,4-5,7,9-10,12,20H2,1-3H3. The van der Waals surface area contributed by atoms with Crippen LogP contribution in [0.15, 0.2) is 18.2 Å². The Labute approximate surface area is 144 Å². The third kappa shape index (κ3) is 4.49. The maximum atomic E-state index is 13.0. The second-order valence-corrected chi connectivity index (χ2v) is 6.89. The van der Waals surface area contributed by atoms with Crippen LogP contribution in [0.5, 0.6) is 0 Å². The molecule has 1 heterocycles. The molecule has 24 heavy (non-hydrogen) atoms. The first-order chi connectivity index (χ1) is 11.4. The fourth-order valence-corrected chi connectivity index (χ4v) is 3.26. The number of ether oxygens (including phenoxy) is 1. The number of nitrogen functional groups attached to an aromatic ring is 1. The van der Waals surface area contributed by atoms with Crippen LogP contribution in [0.1, 0.15) is 49.0 Å². The van der Waals surface area contributed by atoms with Gasteiger partial charge in [0.05, 0.1) is 7.11 Å². The van der Waals surface area contributed by atoms with Gasteiger partial charge in [0, 0.05) is 30.8 Å². The van der Waals surface area contributed by atoms with E-state index in [1.807, 2.05) is 11.0 Å². The molecule has 1 saturated heterocycles. The van der Waals surface area contributed by atoms with E-state index in [1.54, 1.807) is 12.1 Å². The number of hydrogen-bond acceptors (Lipinski definition) is 4. The lowest BCUT2D eigenvalue weighted by Crippen LogP contribution is -2.41. The molecule has 0 saturated carbocycles. The molecule has 1 aliphatic rings. The van der Waals surface area contributed by atoms with Crippen LogP contribution in [0.2, 0.25) is 0 Å². The molecule has 1 aliphatic heterocycles. The highest BCUT2D eigenvalue weighted by Crippen LogP contribution is 2.26. The van der Waals surface area contributed by atoms with Gasteiger partial charge in [-0.05, 0) is 48.8 Å². The molecular weight excluding hydrogens is 304 g/mol. The molecule has 5 nitrogen and oxygen atoms in total. The number of aryl methyl sites for hydroxylation is 1. The number of methoxy groups -OCH3 is 1. The van der Waals surface area contributed by atoms with Crippen LogP contribution < -0.4 is 5.73 Å². The second kappa shape index (κ2) is 8.18. The molecular formula is C19H28N2O3. The minimum absolute atomic E-state index is 0.0208. The minimum atomic E-state index is -0.275. The van der Waals surface area contributed by atoms with Crippen molar-refractivity contribution in [1.29, 1.82) is 0 Å². The van der Waals surface area contributed by atoms with E-state index in [1.165, 1.54) is 13.5 Å². The Morgan fingerprint density at radius 3 is 2.79 bits per heavy atom. The highest BCUT2D eigenvalue weighted by atomic mass is 16.5. The van der Waals surface area contributed by atoms with E-state index in [0.717, 1.165) is 25.1 Å². The number of piperidine rings is 1. The van der Waals surface area contributed by atoms with Crippen molar-refractivity contribution in [3.8, 4) is 0 Å². The summed E-state index contributed by atoms with van der Waals surface area (Å²) in [4.78, 5) is 26.4. The van der Waals surface area contributed by atoms with Crippen LogP contribution in [0.4, 0.5) is 5.69 Å². The fraction of sp³-hybridized carbons (Fsp3) is 0.579. The molecule has 2 rings (SSSR count). The number of nitrogens with zero attached hydrogens (tertiary/aromatic N) is 1. The van der Waals surface area contributed by atoms with Gasteiger partial charge in [-0.15, -0.1) is 0 Å². The molecule has 0 radical (unpaired) electrons. The number of benzene rings is 1. The van der Waals surface area contributed by atoms with Crippen LogP contribution in [0, 0.1) is 11.8 Å². The van der Waals surface area contributed by atoms with Gasteiger partial charge in [0.1, 0.15) is 0 Å². The zero-order chi connectivity index (χ0) is 17.7. The SMILES string of the molecule is COC(=O)CCc1ccc(N)cc1C(=O)N1CCCC(C(C)C)C1. The summed E-state index contributed by atoms with van der Waals surface area (Å²) in [5, 5.41) is 0. The topological polar surface area (TPSA) is 72.6 Å². The molecule has 0 spiro atoms. The van der Waals surface area contributed by atoms with Gasteiger partial charge in [0.2, 0.25) is 0 Å². The number of hydrogen-bond donors (Lipinski definition) is 1. The van der Waals surface area contributed by atoms with Crippen LogP contribution in [-0.2, 0) is 16.0 Å². The quantitative estimate of drug-likeness (QED) is 0.665. The Morgan fingerprint density at radius 2 is 2.12 bits per heavy atom. The summed E-state index contributed by atoms with van der Waals surface area (Å²) >= 11 is 0. The summed E-state index contributed by atoms with van der Waals surface area (Å²) < 4.78 is 4.69. The Morgan fingerprint density at radius 1 is 1.38 bits per heavy atom. The number of carbonyl (C=O) groups excluding carboxylic acids is 2. The van der Waals surface area contributed by atoms with Gasteiger partial charge in [0.15, 0.2) is 0 Å². The van der Waals surface area contributed by atoms with Gasteiger partial charge >= 0.3 is 5.97 Å². The van der Waals surface area contributed by atoms with E-state index in [-0.39, 0.29) is 18.3 Å². The van der Waals surface area contributed by atoms with E-state index in [2.05, 4.69) is 13.8 Å². The first-order valence-electron chi connectivity index (χ1n) is 8.67. The smallest absolute Gasteiger partial charge is 0.305 e. The van der Waals surface area contributed by atoms with E-state index in [4.69, 9.17) is 10.5 Å². The fourth-order valence-electron chi connectivity index (χ4n) is 3.26. The van der Waals surface area contributed by atoms with Gasteiger partial charge in [-0.25, -0.2) is 0 Å². The maximum Gasteiger partial charge on any atom is 0.305 e. The predicted molar refractivity (Wildman–Crippen MR) is 94.7 cm³/mol. The van der Waals surface area contributed by atoms with Crippen molar-refractivity contribution < 1.29 is 14.3 Å². The molecule has 0 aromatic heterocycles. The third-order valence-corrected chi connectivity index (χ3v) is 4.88. The van der Waals surface area contributed by atoms with E-state index < -0.39 is 0 Å². The summed E-state index contributed by atoms with van der Waals surface area (Å²) in [7, 11) is 1.37. The zero-order valence-corrected chi connectivity index (χ0v) is 14.9. The van der Waals surface area contributed by atoms with Crippen molar-refractivity contribution >= 4 is 17.6 Å². The highest BCUT2D eigenvalue weighted by Gasteiger charge is 2.27. The lowest BCUT2D eigenvalue weighted by molar-refractivity contribution is -0.140. The molecule has 1 amide bonds. The number of anilines is 1. The van der Waals surface area contributed by atoms with Crippen molar-refractivity contribution in [3.05, 3.63) is 29.3 Å². The molecule has 132 valence electrons. The lowest BCUT2D eigenvalue weighted by atomic mass is 9.87. The largest absolute Gasteiger partial charge is 0.469 e. The Kier molecular flexibility index (Phi) is 6.23. The second-order valence-electron chi connectivity index (χ2n) is 6.89. The first-order valence-corrected chi connectivity index (χ1v) is 8.67. The number of nitrogens with two attached hydrogens (primary N) is 1. The average molecular weight is 332 g/mol. The van der Waals surface area contributed by atoms with Gasteiger partial charge in [-0.1, -0.05) is 19.9 Å². The molecule has 0 bridgehead atoms. The molecule has 1 unspecified atom stereocenters. The van der Waals surface area contributed by atoms with Crippen LogP contribution in [0.25, 0.3) is 0 Å². The van der Waals surface area contributed by atoms with Crippen molar-refractivity contribution in [2.24, 2.45) is 11.8 Å². The summed E-state index contributed by atoms with van der Waals surface area (Å²) in [6.45, 7) is 6.00. The first kappa shape index (κ1) is 18.3. The molecule has 0 aliphatic carbocycles. The highest BCUT2D eigenvalue weighted by molar-refractivity contribution is 5.96. The normalized spacial score (nSPS) is 17.8. The van der Waals surface area contributed by atoms with Crippen molar-refractivity contribution in [2.45, 2.75) is 39.5 Å². The zero-order valence-electron chi connectivity index (χ0n) is 14.9. The van der Waals surface area contributed by atoms with Crippen molar-refractivity contribution in [1.82, 2.24) is 4.90 Å².